The van der Waals surface area contributed by atoms with Crippen molar-refractivity contribution < 1.29 is 18.0 Å². The van der Waals surface area contributed by atoms with E-state index in [4.69, 9.17) is 23.2 Å². The van der Waals surface area contributed by atoms with Crippen LogP contribution in [0.1, 0.15) is 19.8 Å². The van der Waals surface area contributed by atoms with E-state index >= 15 is 0 Å². The van der Waals surface area contributed by atoms with Gasteiger partial charge in [0.05, 0.1) is 11.7 Å². The molecular weight excluding hydrogens is 439 g/mol. The van der Waals surface area contributed by atoms with Crippen LogP contribution in [0.4, 0.5) is 4.79 Å². The van der Waals surface area contributed by atoms with E-state index in [-0.39, 0.29) is 47.5 Å². The normalized spacial score (nSPS) is 26.8. The highest BCUT2D eigenvalue weighted by atomic mass is 35.5. The van der Waals surface area contributed by atoms with Gasteiger partial charge in [-0.2, -0.15) is 4.31 Å². The number of rotatable bonds is 5. The van der Waals surface area contributed by atoms with E-state index in [1.165, 1.54) is 27.4 Å². The maximum absolute atomic E-state index is 12.9. The Morgan fingerprint density at radius 1 is 1.14 bits per heavy atom. The number of hydrogen-bond donors (Lipinski definition) is 1. The second kappa shape index (κ2) is 7.39. The number of hydrogen-bond acceptors (Lipinski definition) is 5. The molecule has 1 aromatic rings. The van der Waals surface area contributed by atoms with Crippen molar-refractivity contribution >= 4 is 45.2 Å². The molecule has 3 fully saturated rings. The number of nitrogens with zero attached hydrogens (tertiary/aromatic N) is 3. The lowest BCUT2D eigenvalue weighted by Crippen LogP contribution is -2.53. The Labute approximate surface area is 179 Å². The molecule has 4 rings (SSSR count). The number of halogens is 2. The van der Waals surface area contributed by atoms with Crippen molar-refractivity contribution in [2.75, 3.05) is 32.8 Å². The molecule has 0 spiro atoms. The largest absolute Gasteiger partial charge is 0.326 e. The van der Waals surface area contributed by atoms with Gasteiger partial charge in [0.15, 0.2) is 0 Å². The molecule has 2 heterocycles. The topological polar surface area (TPSA) is 90.0 Å². The Kier molecular flexibility index (Phi) is 5.31. The molecule has 158 valence electrons. The zero-order valence-electron chi connectivity index (χ0n) is 15.9. The van der Waals surface area contributed by atoms with Crippen LogP contribution in [0, 0.1) is 5.92 Å². The average Bonchev–Trinajstić information content (AvgIpc) is 3.50. The predicted molar refractivity (Wildman–Crippen MR) is 108 cm³/mol. The highest BCUT2D eigenvalue weighted by Gasteiger charge is 2.56. The minimum atomic E-state index is -3.78. The maximum atomic E-state index is 12.9. The fraction of sp³-hybridized carbons (Fsp3) is 0.556. The first-order chi connectivity index (χ1) is 13.6. The van der Waals surface area contributed by atoms with E-state index in [2.05, 4.69) is 5.32 Å². The van der Waals surface area contributed by atoms with Crippen molar-refractivity contribution in [1.29, 1.82) is 0 Å². The summed E-state index contributed by atoms with van der Waals surface area (Å²) in [5.74, 6) is -0.000791. The van der Waals surface area contributed by atoms with Crippen LogP contribution in [-0.2, 0) is 14.8 Å². The fourth-order valence-corrected chi connectivity index (χ4v) is 6.07. The van der Waals surface area contributed by atoms with Gasteiger partial charge in [-0.25, -0.2) is 18.1 Å². The number of imide groups is 1. The van der Waals surface area contributed by atoms with E-state index in [0.29, 0.717) is 18.1 Å². The number of carbonyl (C=O) groups is 2. The number of urea groups is 1. The van der Waals surface area contributed by atoms with Crippen LogP contribution in [0.3, 0.4) is 0 Å². The molecule has 1 N–H and O–H groups in total. The van der Waals surface area contributed by atoms with Crippen molar-refractivity contribution in [3.63, 3.8) is 0 Å². The standard InChI is InChI=1S/C18H22Cl2N4O4S/c1-18(12-2-3-12)16(25)24(17(26)21-18)11-22-6-8-23(9-7-22)29(27,28)15-10-13(19)4-5-14(15)20/h4-5,10,12H,2-3,6-9,11H2,1H3,(H,21,26)/t18-/m0/s1. The second-order valence-corrected chi connectivity index (χ2v) is 10.6. The quantitative estimate of drug-likeness (QED) is 0.678. The molecule has 2 aliphatic heterocycles. The van der Waals surface area contributed by atoms with Gasteiger partial charge in [-0.05, 0) is 43.9 Å². The summed E-state index contributed by atoms with van der Waals surface area (Å²) in [6.45, 7) is 3.19. The van der Waals surface area contributed by atoms with Crippen LogP contribution < -0.4 is 5.32 Å². The Morgan fingerprint density at radius 3 is 2.41 bits per heavy atom. The maximum Gasteiger partial charge on any atom is 0.326 e. The first-order valence-corrected chi connectivity index (χ1v) is 11.6. The van der Waals surface area contributed by atoms with E-state index in [1.54, 1.807) is 6.92 Å². The molecule has 0 unspecified atom stereocenters. The molecule has 1 aliphatic carbocycles. The Bertz CT molecular complexity index is 961. The number of carbonyl (C=O) groups excluding carboxylic acids is 2. The Morgan fingerprint density at radius 2 is 1.79 bits per heavy atom. The summed E-state index contributed by atoms with van der Waals surface area (Å²) < 4.78 is 27.2. The summed E-state index contributed by atoms with van der Waals surface area (Å²) in [6, 6.07) is 3.96. The Hall–Kier alpha value is -1.39. The molecule has 8 nitrogen and oxygen atoms in total. The number of piperazine rings is 1. The van der Waals surface area contributed by atoms with Gasteiger partial charge in [-0.15, -0.1) is 0 Å². The Balaban J connectivity index is 1.40. The molecule has 3 aliphatic rings. The highest BCUT2D eigenvalue weighted by Crippen LogP contribution is 2.42. The van der Waals surface area contributed by atoms with Crippen molar-refractivity contribution in [1.82, 2.24) is 19.4 Å². The number of sulfonamides is 1. The third-order valence-corrected chi connectivity index (χ3v) is 8.49. The summed E-state index contributed by atoms with van der Waals surface area (Å²) in [5.41, 5.74) is -0.814. The van der Waals surface area contributed by atoms with E-state index in [0.717, 1.165) is 12.8 Å². The van der Waals surface area contributed by atoms with Crippen LogP contribution in [0.5, 0.6) is 0 Å². The average molecular weight is 461 g/mol. The smallest absolute Gasteiger partial charge is 0.323 e. The van der Waals surface area contributed by atoms with Gasteiger partial charge in [0.2, 0.25) is 10.0 Å². The van der Waals surface area contributed by atoms with Gasteiger partial charge in [-0.3, -0.25) is 9.69 Å². The summed E-state index contributed by atoms with van der Waals surface area (Å²) in [4.78, 5) is 28.2. The lowest BCUT2D eigenvalue weighted by atomic mass is 9.96. The molecular formula is C18H22Cl2N4O4S. The monoisotopic (exact) mass is 460 g/mol. The zero-order chi connectivity index (χ0) is 21.0. The van der Waals surface area contributed by atoms with Crippen LogP contribution in [0.2, 0.25) is 10.0 Å². The van der Waals surface area contributed by atoms with Crippen LogP contribution in [0.25, 0.3) is 0 Å². The molecule has 3 amide bonds. The van der Waals surface area contributed by atoms with Crippen molar-refractivity contribution in [3.8, 4) is 0 Å². The number of nitrogens with one attached hydrogen (secondary N) is 1. The highest BCUT2D eigenvalue weighted by molar-refractivity contribution is 7.89. The van der Waals surface area contributed by atoms with Gasteiger partial charge in [0.1, 0.15) is 10.4 Å². The molecule has 1 aromatic carbocycles. The van der Waals surface area contributed by atoms with Gasteiger partial charge < -0.3 is 5.32 Å². The minimum Gasteiger partial charge on any atom is -0.323 e. The van der Waals surface area contributed by atoms with Gasteiger partial charge in [-0.1, -0.05) is 23.2 Å². The number of benzene rings is 1. The van der Waals surface area contributed by atoms with Crippen molar-refractivity contribution in [2.24, 2.45) is 5.92 Å². The summed E-state index contributed by atoms with van der Waals surface area (Å²) in [6.07, 6.45) is 1.89. The molecule has 0 radical (unpaired) electrons. The third-order valence-electron chi connectivity index (χ3n) is 5.88. The van der Waals surface area contributed by atoms with Gasteiger partial charge >= 0.3 is 6.03 Å². The molecule has 1 atom stereocenters. The second-order valence-electron chi connectivity index (χ2n) is 7.88. The summed E-state index contributed by atoms with van der Waals surface area (Å²) >= 11 is 12.0. The first-order valence-electron chi connectivity index (χ1n) is 9.44. The van der Waals surface area contributed by atoms with Crippen LogP contribution in [-0.4, -0.2) is 72.8 Å². The van der Waals surface area contributed by atoms with E-state index in [1.807, 2.05) is 4.90 Å². The lowest BCUT2D eigenvalue weighted by molar-refractivity contribution is -0.133. The van der Waals surface area contributed by atoms with Crippen LogP contribution in [0.15, 0.2) is 23.1 Å². The summed E-state index contributed by atoms with van der Waals surface area (Å²) in [5, 5.41) is 3.24. The van der Waals surface area contributed by atoms with E-state index in [9.17, 15) is 18.0 Å². The molecule has 29 heavy (non-hydrogen) atoms. The molecule has 11 heteroatoms. The predicted octanol–water partition coefficient (Wildman–Crippen LogP) is 1.98. The lowest BCUT2D eigenvalue weighted by Gasteiger charge is -2.35. The first kappa shape index (κ1) is 20.9. The van der Waals surface area contributed by atoms with Crippen molar-refractivity contribution in [3.05, 3.63) is 28.2 Å². The third kappa shape index (κ3) is 3.74. The molecule has 0 aromatic heterocycles. The molecule has 0 bridgehead atoms. The molecule has 1 saturated carbocycles. The minimum absolute atomic E-state index is 0.0191. The van der Waals surface area contributed by atoms with Gasteiger partial charge in [0.25, 0.3) is 5.91 Å². The molecule has 2 saturated heterocycles. The summed E-state index contributed by atoms with van der Waals surface area (Å²) in [7, 11) is -3.78. The zero-order valence-corrected chi connectivity index (χ0v) is 18.2. The van der Waals surface area contributed by atoms with Crippen molar-refractivity contribution in [2.45, 2.75) is 30.2 Å². The fourth-order valence-electron chi connectivity index (χ4n) is 3.91. The van der Waals surface area contributed by atoms with Crippen LogP contribution >= 0.6 is 23.2 Å². The van der Waals surface area contributed by atoms with E-state index < -0.39 is 15.6 Å². The van der Waals surface area contributed by atoms with Gasteiger partial charge in [0, 0.05) is 31.2 Å². The number of amides is 3. The SMILES string of the molecule is C[C@@]1(C2CC2)NC(=O)N(CN2CCN(S(=O)(=O)c3cc(Cl)ccc3Cl)CC2)C1=O.